The Labute approximate surface area is 101 Å². The molecule has 1 aromatic heterocycles. The van der Waals surface area contributed by atoms with Crippen LogP contribution in [-0.2, 0) is 7.05 Å². The van der Waals surface area contributed by atoms with Crippen molar-refractivity contribution in [3.05, 3.63) is 5.82 Å². The Hall–Kier alpha value is -0.160. The van der Waals surface area contributed by atoms with Crippen molar-refractivity contribution in [2.75, 3.05) is 11.5 Å². The third kappa shape index (κ3) is 3.41. The fourth-order valence-corrected chi connectivity index (χ4v) is 3.17. The van der Waals surface area contributed by atoms with Gasteiger partial charge in [-0.3, -0.25) is 0 Å². The van der Waals surface area contributed by atoms with Gasteiger partial charge in [-0.1, -0.05) is 25.6 Å². The van der Waals surface area contributed by atoms with Gasteiger partial charge >= 0.3 is 0 Å². The van der Waals surface area contributed by atoms with Crippen molar-refractivity contribution in [1.82, 2.24) is 14.8 Å². The molecule has 0 saturated carbocycles. The average Bonchev–Trinajstić information content (AvgIpc) is 2.49. The smallest absolute Gasteiger partial charge is 0.190 e. The Bertz CT molecular complexity index is 310. The van der Waals surface area contributed by atoms with Gasteiger partial charge in [-0.15, -0.1) is 10.2 Å². The van der Waals surface area contributed by atoms with Crippen LogP contribution in [0.4, 0.5) is 0 Å². The van der Waals surface area contributed by atoms with E-state index in [0.29, 0.717) is 11.8 Å². The summed E-state index contributed by atoms with van der Waals surface area (Å²) in [6, 6.07) is 0. The molecule has 0 saturated heterocycles. The van der Waals surface area contributed by atoms with Crippen LogP contribution < -0.4 is 0 Å². The number of hydrogen-bond donors (Lipinski definition) is 1. The van der Waals surface area contributed by atoms with Gasteiger partial charge in [-0.05, 0) is 24.5 Å². The normalized spacial score (nSPS) is 13.5. The quantitative estimate of drug-likeness (QED) is 0.638. The van der Waals surface area contributed by atoms with Crippen molar-refractivity contribution in [2.24, 2.45) is 18.9 Å². The minimum atomic E-state index is 0.635. The van der Waals surface area contributed by atoms with E-state index in [2.05, 4.69) is 36.7 Å². The lowest BCUT2D eigenvalue weighted by Crippen LogP contribution is -2.13. The zero-order valence-corrected chi connectivity index (χ0v) is 11.5. The van der Waals surface area contributed by atoms with Gasteiger partial charge in [0.25, 0.3) is 0 Å². The van der Waals surface area contributed by atoms with Crippen molar-refractivity contribution in [1.29, 1.82) is 0 Å². The van der Waals surface area contributed by atoms with Crippen LogP contribution >= 0.6 is 24.4 Å². The van der Waals surface area contributed by atoms with Crippen molar-refractivity contribution < 1.29 is 0 Å². The van der Waals surface area contributed by atoms with Crippen LogP contribution in [0.2, 0.25) is 0 Å². The zero-order chi connectivity index (χ0) is 11.4. The molecule has 0 aromatic carbocycles. The Morgan fingerprint density at radius 3 is 2.47 bits per heavy atom. The number of thioether (sulfide) groups is 1. The Kier molecular flexibility index (Phi) is 4.99. The molecule has 1 rings (SSSR count). The summed E-state index contributed by atoms with van der Waals surface area (Å²) in [5.41, 5.74) is 0. The van der Waals surface area contributed by atoms with E-state index < -0.39 is 0 Å². The monoisotopic (exact) mass is 245 g/mol. The predicted octanol–water partition coefficient (Wildman–Crippen LogP) is 2.42. The fourth-order valence-electron chi connectivity index (χ4n) is 1.15. The summed E-state index contributed by atoms with van der Waals surface area (Å²) in [7, 11) is 2.00. The summed E-state index contributed by atoms with van der Waals surface area (Å²) in [4.78, 5) is 0. The summed E-state index contributed by atoms with van der Waals surface area (Å²) >= 11 is 6.15. The molecule has 1 aromatic rings. The Balaban J connectivity index is 2.53. The van der Waals surface area contributed by atoms with Gasteiger partial charge in [0.2, 0.25) is 0 Å². The summed E-state index contributed by atoms with van der Waals surface area (Å²) < 4.78 is 2.03. The van der Waals surface area contributed by atoms with E-state index >= 15 is 0 Å². The molecule has 0 aliphatic heterocycles. The van der Waals surface area contributed by atoms with Gasteiger partial charge in [0.15, 0.2) is 5.16 Å². The lowest BCUT2D eigenvalue weighted by molar-refractivity contribution is 0.472. The number of thiol groups is 1. The van der Waals surface area contributed by atoms with Crippen molar-refractivity contribution in [3.63, 3.8) is 0 Å². The van der Waals surface area contributed by atoms with Crippen LogP contribution in [0.1, 0.15) is 19.7 Å². The maximum Gasteiger partial charge on any atom is 0.190 e. The molecule has 0 spiro atoms. The van der Waals surface area contributed by atoms with E-state index in [0.717, 1.165) is 22.5 Å². The Morgan fingerprint density at radius 1 is 1.40 bits per heavy atom. The highest BCUT2D eigenvalue weighted by Crippen LogP contribution is 2.23. The van der Waals surface area contributed by atoms with Crippen LogP contribution in [0.5, 0.6) is 0 Å². The fraction of sp³-hybridized carbons (Fsp3) is 0.800. The number of aryl methyl sites for hydroxylation is 1. The number of hydrogen-bond acceptors (Lipinski definition) is 4. The molecule has 0 radical (unpaired) electrons. The second kappa shape index (κ2) is 5.80. The molecule has 1 atom stereocenters. The van der Waals surface area contributed by atoms with E-state index in [1.807, 2.05) is 18.5 Å². The first-order valence-corrected chi connectivity index (χ1v) is 6.77. The third-order valence-electron chi connectivity index (χ3n) is 2.66. The zero-order valence-electron chi connectivity index (χ0n) is 9.77. The summed E-state index contributed by atoms with van der Waals surface area (Å²) in [6.45, 7) is 6.45. The molecule has 0 aliphatic rings. The molecule has 15 heavy (non-hydrogen) atoms. The highest BCUT2D eigenvalue weighted by Gasteiger charge is 2.14. The molecular formula is C10H19N3S2. The minimum absolute atomic E-state index is 0.635. The molecule has 86 valence electrons. The van der Waals surface area contributed by atoms with Crippen LogP contribution in [0.15, 0.2) is 5.16 Å². The van der Waals surface area contributed by atoms with E-state index in [1.165, 1.54) is 0 Å². The van der Waals surface area contributed by atoms with Gasteiger partial charge in [-0.2, -0.15) is 12.6 Å². The van der Waals surface area contributed by atoms with E-state index in [4.69, 9.17) is 0 Å². The SMILES string of the molecule is Cc1nnc(SCC(CS)C(C)C)n1C. The van der Waals surface area contributed by atoms with Gasteiger partial charge in [0.05, 0.1) is 0 Å². The van der Waals surface area contributed by atoms with Crippen molar-refractivity contribution >= 4 is 24.4 Å². The summed E-state index contributed by atoms with van der Waals surface area (Å²) in [6.07, 6.45) is 0. The van der Waals surface area contributed by atoms with Gasteiger partial charge in [-0.25, -0.2) is 0 Å². The van der Waals surface area contributed by atoms with Crippen LogP contribution in [-0.4, -0.2) is 26.3 Å². The first-order valence-electron chi connectivity index (χ1n) is 5.16. The van der Waals surface area contributed by atoms with E-state index in [-0.39, 0.29) is 0 Å². The summed E-state index contributed by atoms with van der Waals surface area (Å²) in [5, 5.41) is 9.17. The van der Waals surface area contributed by atoms with Gasteiger partial charge in [0, 0.05) is 12.8 Å². The molecule has 3 nitrogen and oxygen atoms in total. The molecular weight excluding hydrogens is 226 g/mol. The second-order valence-electron chi connectivity index (χ2n) is 4.09. The first kappa shape index (κ1) is 12.9. The topological polar surface area (TPSA) is 30.7 Å². The molecule has 0 N–H and O–H groups in total. The average molecular weight is 245 g/mol. The molecule has 1 unspecified atom stereocenters. The summed E-state index contributed by atoms with van der Waals surface area (Å²) in [5.74, 6) is 4.26. The maximum atomic E-state index is 4.38. The standard InChI is InChI=1S/C10H19N3S2/c1-7(2)9(5-14)6-15-10-12-11-8(3)13(10)4/h7,9,14H,5-6H2,1-4H3. The largest absolute Gasteiger partial charge is 0.309 e. The highest BCUT2D eigenvalue weighted by molar-refractivity contribution is 7.99. The lowest BCUT2D eigenvalue weighted by atomic mass is 10.0. The lowest BCUT2D eigenvalue weighted by Gasteiger charge is -2.17. The second-order valence-corrected chi connectivity index (χ2v) is 5.44. The molecule has 0 aliphatic carbocycles. The number of nitrogens with zero attached hydrogens (tertiary/aromatic N) is 3. The number of aromatic nitrogens is 3. The third-order valence-corrected chi connectivity index (χ3v) is 4.33. The molecule has 0 amide bonds. The molecule has 1 heterocycles. The highest BCUT2D eigenvalue weighted by atomic mass is 32.2. The van der Waals surface area contributed by atoms with Gasteiger partial charge < -0.3 is 4.57 Å². The Morgan fingerprint density at radius 2 is 2.07 bits per heavy atom. The van der Waals surface area contributed by atoms with E-state index in [1.54, 1.807) is 11.8 Å². The minimum Gasteiger partial charge on any atom is -0.309 e. The molecule has 0 fully saturated rings. The van der Waals surface area contributed by atoms with Crippen LogP contribution in [0.3, 0.4) is 0 Å². The van der Waals surface area contributed by atoms with Crippen molar-refractivity contribution in [3.8, 4) is 0 Å². The predicted molar refractivity (Wildman–Crippen MR) is 68.6 cm³/mol. The molecule has 0 bridgehead atoms. The van der Waals surface area contributed by atoms with Crippen LogP contribution in [0.25, 0.3) is 0 Å². The van der Waals surface area contributed by atoms with Gasteiger partial charge in [0.1, 0.15) is 5.82 Å². The number of rotatable bonds is 5. The van der Waals surface area contributed by atoms with Crippen LogP contribution in [0, 0.1) is 18.8 Å². The van der Waals surface area contributed by atoms with Crippen molar-refractivity contribution in [2.45, 2.75) is 25.9 Å². The maximum absolute atomic E-state index is 4.38. The first-order chi connectivity index (χ1) is 7.06. The van der Waals surface area contributed by atoms with E-state index in [9.17, 15) is 0 Å². The molecule has 5 heteroatoms.